The fraction of sp³-hybridized carbons (Fsp3) is 0.263. The van der Waals surface area contributed by atoms with Crippen molar-refractivity contribution in [2.75, 3.05) is 11.9 Å². The van der Waals surface area contributed by atoms with E-state index in [4.69, 9.17) is 16.7 Å². The van der Waals surface area contributed by atoms with E-state index in [1.54, 1.807) is 6.07 Å². The van der Waals surface area contributed by atoms with Crippen LogP contribution in [0, 0.1) is 6.92 Å². The maximum absolute atomic E-state index is 12.5. The molecule has 0 atom stereocenters. The lowest BCUT2D eigenvalue weighted by Crippen LogP contribution is -2.20. The normalized spacial score (nSPS) is 11.0. The molecule has 130 valence electrons. The van der Waals surface area contributed by atoms with Gasteiger partial charge < -0.3 is 15.0 Å². The number of carbonyl (C=O) groups excluding carboxylic acids is 1. The molecule has 0 saturated heterocycles. The Morgan fingerprint density at radius 3 is 2.84 bits per heavy atom. The molecule has 2 N–H and O–H groups in total. The second kappa shape index (κ2) is 7.68. The number of benzene rings is 2. The Morgan fingerprint density at radius 2 is 2.08 bits per heavy atom. The fourth-order valence-electron chi connectivity index (χ4n) is 2.74. The number of hydrogen-bond acceptors (Lipinski definition) is 3. The fourth-order valence-corrected chi connectivity index (χ4v) is 2.93. The van der Waals surface area contributed by atoms with Crippen LogP contribution in [0.3, 0.4) is 0 Å². The van der Waals surface area contributed by atoms with E-state index in [2.05, 4.69) is 10.3 Å². The first-order chi connectivity index (χ1) is 12.1. The van der Waals surface area contributed by atoms with Crippen LogP contribution in [0.5, 0.6) is 0 Å². The van der Waals surface area contributed by atoms with E-state index in [0.717, 1.165) is 22.4 Å². The second-order valence-corrected chi connectivity index (χ2v) is 6.35. The molecule has 0 spiro atoms. The summed E-state index contributed by atoms with van der Waals surface area (Å²) in [5, 5.41) is 12.6. The van der Waals surface area contributed by atoms with Crippen LogP contribution in [-0.4, -0.2) is 27.2 Å². The van der Waals surface area contributed by atoms with Gasteiger partial charge in [-0.25, -0.2) is 4.98 Å². The highest BCUT2D eigenvalue weighted by molar-refractivity contribution is 6.31. The van der Waals surface area contributed by atoms with Gasteiger partial charge in [-0.2, -0.15) is 0 Å². The van der Waals surface area contributed by atoms with Crippen molar-refractivity contribution in [3.63, 3.8) is 0 Å². The molecule has 0 aliphatic heterocycles. The molecule has 25 heavy (non-hydrogen) atoms. The predicted octanol–water partition coefficient (Wildman–Crippen LogP) is 3.56. The Balaban J connectivity index is 1.83. The number of fused-ring (bicyclic) bond motifs is 1. The van der Waals surface area contributed by atoms with E-state index >= 15 is 0 Å². The monoisotopic (exact) mass is 357 g/mol. The number of aryl methyl sites for hydroxylation is 2. The minimum Gasteiger partial charge on any atom is -0.396 e. The third-order valence-electron chi connectivity index (χ3n) is 4.05. The highest BCUT2D eigenvalue weighted by Crippen LogP contribution is 2.21. The number of carbonyl (C=O) groups is 1. The second-order valence-electron chi connectivity index (χ2n) is 5.94. The third-order valence-corrected chi connectivity index (χ3v) is 4.46. The van der Waals surface area contributed by atoms with Crippen molar-refractivity contribution in [2.24, 2.45) is 0 Å². The van der Waals surface area contributed by atoms with Crippen LogP contribution in [0.1, 0.15) is 17.8 Å². The van der Waals surface area contributed by atoms with Crippen LogP contribution in [0.2, 0.25) is 5.02 Å². The standard InChI is InChI=1S/C19H20ClN3O2/c1-13-8-9-14(11-15(13)20)21-19(25)12-23-17-6-3-2-5-16(17)22-18(23)7-4-10-24/h2-3,5-6,8-9,11,24H,4,7,10,12H2,1H3,(H,21,25). The maximum atomic E-state index is 12.5. The number of halogens is 1. The van der Waals surface area contributed by atoms with Gasteiger partial charge in [-0.05, 0) is 43.2 Å². The van der Waals surface area contributed by atoms with Crippen LogP contribution < -0.4 is 5.32 Å². The van der Waals surface area contributed by atoms with Crippen molar-refractivity contribution < 1.29 is 9.90 Å². The summed E-state index contributed by atoms with van der Waals surface area (Å²) in [6.07, 6.45) is 1.23. The van der Waals surface area contributed by atoms with Gasteiger partial charge in [0, 0.05) is 23.7 Å². The topological polar surface area (TPSA) is 67.2 Å². The summed E-state index contributed by atoms with van der Waals surface area (Å²) in [6.45, 7) is 2.17. The SMILES string of the molecule is Cc1ccc(NC(=O)Cn2c(CCCO)nc3ccccc32)cc1Cl. The lowest BCUT2D eigenvalue weighted by atomic mass is 10.2. The molecule has 1 aromatic heterocycles. The van der Waals surface area contributed by atoms with Gasteiger partial charge in [0.1, 0.15) is 12.4 Å². The van der Waals surface area contributed by atoms with Crippen molar-refractivity contribution in [2.45, 2.75) is 26.3 Å². The summed E-state index contributed by atoms with van der Waals surface area (Å²) in [5.74, 6) is 0.653. The Hall–Kier alpha value is -2.37. The molecule has 3 aromatic rings. The first kappa shape index (κ1) is 17.5. The molecule has 2 aromatic carbocycles. The zero-order chi connectivity index (χ0) is 17.8. The van der Waals surface area contributed by atoms with Gasteiger partial charge in [0.25, 0.3) is 0 Å². The van der Waals surface area contributed by atoms with Crippen LogP contribution in [0.4, 0.5) is 5.69 Å². The molecule has 0 aliphatic rings. The molecule has 0 aliphatic carbocycles. The van der Waals surface area contributed by atoms with Gasteiger partial charge in [0.15, 0.2) is 0 Å². The Morgan fingerprint density at radius 1 is 1.28 bits per heavy atom. The first-order valence-electron chi connectivity index (χ1n) is 8.19. The number of aliphatic hydroxyl groups excluding tert-OH is 1. The largest absolute Gasteiger partial charge is 0.396 e. The van der Waals surface area contributed by atoms with Crippen LogP contribution >= 0.6 is 11.6 Å². The molecule has 0 saturated carbocycles. The van der Waals surface area contributed by atoms with Gasteiger partial charge in [-0.15, -0.1) is 0 Å². The number of anilines is 1. The molecule has 3 rings (SSSR count). The third kappa shape index (κ3) is 4.00. The molecular formula is C19H20ClN3O2. The van der Waals surface area contributed by atoms with Gasteiger partial charge in [-0.1, -0.05) is 29.8 Å². The summed E-state index contributed by atoms with van der Waals surface area (Å²) in [4.78, 5) is 17.1. The first-order valence-corrected chi connectivity index (χ1v) is 8.57. The van der Waals surface area contributed by atoms with Gasteiger partial charge in [0.05, 0.1) is 11.0 Å². The minimum absolute atomic E-state index is 0.0945. The number of amides is 1. The summed E-state index contributed by atoms with van der Waals surface area (Å²) < 4.78 is 1.90. The van der Waals surface area contributed by atoms with Crippen molar-refractivity contribution >= 4 is 34.2 Å². The van der Waals surface area contributed by atoms with E-state index in [9.17, 15) is 4.79 Å². The Labute approximate surface area is 151 Å². The molecule has 1 amide bonds. The molecule has 5 nitrogen and oxygen atoms in total. The van der Waals surface area contributed by atoms with Gasteiger partial charge in [-0.3, -0.25) is 4.79 Å². The molecule has 0 fully saturated rings. The lowest BCUT2D eigenvalue weighted by molar-refractivity contribution is -0.116. The Kier molecular flexibility index (Phi) is 5.36. The predicted molar refractivity (Wildman–Crippen MR) is 100.0 cm³/mol. The average Bonchev–Trinajstić information content (AvgIpc) is 2.94. The Bertz CT molecular complexity index is 905. The van der Waals surface area contributed by atoms with E-state index < -0.39 is 0 Å². The molecule has 0 bridgehead atoms. The smallest absolute Gasteiger partial charge is 0.244 e. The highest BCUT2D eigenvalue weighted by atomic mass is 35.5. The average molecular weight is 358 g/mol. The van der Waals surface area contributed by atoms with E-state index in [0.29, 0.717) is 23.6 Å². The van der Waals surface area contributed by atoms with Crippen LogP contribution in [-0.2, 0) is 17.8 Å². The number of aliphatic hydroxyl groups is 1. The number of aromatic nitrogens is 2. The number of nitrogens with one attached hydrogen (secondary N) is 1. The van der Waals surface area contributed by atoms with Crippen molar-refractivity contribution in [3.05, 3.63) is 58.9 Å². The van der Waals surface area contributed by atoms with Gasteiger partial charge in [0.2, 0.25) is 5.91 Å². The van der Waals surface area contributed by atoms with Gasteiger partial charge >= 0.3 is 0 Å². The number of nitrogens with zero attached hydrogens (tertiary/aromatic N) is 2. The molecule has 6 heteroatoms. The van der Waals surface area contributed by atoms with E-state index in [1.165, 1.54) is 0 Å². The van der Waals surface area contributed by atoms with Crippen LogP contribution in [0.15, 0.2) is 42.5 Å². The summed E-state index contributed by atoms with van der Waals surface area (Å²) in [7, 11) is 0. The molecule has 0 unspecified atom stereocenters. The lowest BCUT2D eigenvalue weighted by Gasteiger charge is -2.10. The van der Waals surface area contributed by atoms with Crippen molar-refractivity contribution in [1.82, 2.24) is 9.55 Å². The number of para-hydroxylation sites is 2. The molecule has 0 radical (unpaired) electrons. The zero-order valence-electron chi connectivity index (χ0n) is 14.0. The maximum Gasteiger partial charge on any atom is 0.244 e. The van der Waals surface area contributed by atoms with E-state index in [-0.39, 0.29) is 19.1 Å². The number of hydrogen-bond donors (Lipinski definition) is 2. The van der Waals surface area contributed by atoms with E-state index in [1.807, 2.05) is 47.9 Å². The van der Waals surface area contributed by atoms with Crippen LogP contribution in [0.25, 0.3) is 11.0 Å². The van der Waals surface area contributed by atoms with Crippen molar-refractivity contribution in [3.8, 4) is 0 Å². The summed E-state index contributed by atoms with van der Waals surface area (Å²) >= 11 is 6.11. The molecule has 1 heterocycles. The summed E-state index contributed by atoms with van der Waals surface area (Å²) in [6, 6.07) is 13.2. The quantitative estimate of drug-likeness (QED) is 0.708. The molecular weight excluding hydrogens is 338 g/mol. The number of rotatable bonds is 6. The van der Waals surface area contributed by atoms with Crippen molar-refractivity contribution in [1.29, 1.82) is 0 Å². The summed E-state index contributed by atoms with van der Waals surface area (Å²) in [5.41, 5.74) is 3.39. The highest BCUT2D eigenvalue weighted by Gasteiger charge is 2.13. The zero-order valence-corrected chi connectivity index (χ0v) is 14.8. The minimum atomic E-state index is -0.145. The number of imidazole rings is 1.